The van der Waals surface area contributed by atoms with E-state index in [0.717, 1.165) is 16.9 Å². The predicted molar refractivity (Wildman–Crippen MR) is 162 cm³/mol. The molecule has 1 saturated heterocycles. The van der Waals surface area contributed by atoms with E-state index < -0.39 is 17.7 Å². The number of aliphatic hydroxyl groups excluding tert-OH is 1. The first kappa shape index (κ1) is 27.8. The van der Waals surface area contributed by atoms with Gasteiger partial charge in [-0.2, -0.15) is 0 Å². The molecule has 3 heterocycles. The minimum absolute atomic E-state index is 0.0136. The van der Waals surface area contributed by atoms with Crippen LogP contribution in [0.3, 0.4) is 0 Å². The highest BCUT2D eigenvalue weighted by Gasteiger charge is 2.48. The Morgan fingerprint density at radius 2 is 1.85 bits per heavy atom. The molecule has 0 bridgehead atoms. The van der Waals surface area contributed by atoms with Gasteiger partial charge in [0.15, 0.2) is 4.34 Å². The van der Waals surface area contributed by atoms with Crippen LogP contribution in [0.5, 0.6) is 5.75 Å². The van der Waals surface area contributed by atoms with E-state index in [1.165, 1.54) is 33.6 Å². The van der Waals surface area contributed by atoms with Crippen molar-refractivity contribution in [2.24, 2.45) is 0 Å². The maximum Gasteiger partial charge on any atom is 0.301 e. The fraction of sp³-hybridized carbons (Fsp3) is 0.200. The van der Waals surface area contributed by atoms with Gasteiger partial charge in [0.05, 0.1) is 21.7 Å². The summed E-state index contributed by atoms with van der Waals surface area (Å²) in [6.45, 7) is 4.00. The summed E-state index contributed by atoms with van der Waals surface area (Å²) >= 11 is 15.2. The lowest BCUT2D eigenvalue weighted by molar-refractivity contribution is -0.132. The Bertz CT molecular complexity index is 1720. The molecule has 1 amide bonds. The van der Waals surface area contributed by atoms with Gasteiger partial charge in [0.2, 0.25) is 5.13 Å². The lowest BCUT2D eigenvalue weighted by atomic mass is 9.94. The summed E-state index contributed by atoms with van der Waals surface area (Å²) in [7, 11) is 0. The fourth-order valence-corrected chi connectivity index (χ4v) is 7.07. The molecule has 2 unspecified atom stereocenters. The maximum absolute atomic E-state index is 13.5. The van der Waals surface area contributed by atoms with Crippen molar-refractivity contribution in [2.45, 2.75) is 42.5 Å². The minimum atomic E-state index is -0.990. The maximum atomic E-state index is 13.5. The van der Waals surface area contributed by atoms with Crippen LogP contribution in [0.25, 0.3) is 5.76 Å². The topological polar surface area (TPSA) is 92.6 Å². The molecule has 7 nitrogen and oxygen atoms in total. The number of amides is 1. The number of rotatable bonds is 6. The van der Waals surface area contributed by atoms with Gasteiger partial charge in [0.25, 0.3) is 5.78 Å². The molecule has 0 aliphatic carbocycles. The molecule has 208 valence electrons. The van der Waals surface area contributed by atoms with Crippen LogP contribution in [0.15, 0.2) is 70.6 Å². The van der Waals surface area contributed by atoms with E-state index in [1.807, 2.05) is 26.0 Å². The second-order valence-electron chi connectivity index (χ2n) is 9.92. The Balaban J connectivity index is 1.40. The van der Waals surface area contributed by atoms with E-state index >= 15 is 0 Å². The number of aromatic nitrogens is 2. The van der Waals surface area contributed by atoms with E-state index in [0.29, 0.717) is 32.7 Å². The smallest absolute Gasteiger partial charge is 0.301 e. The largest absolute Gasteiger partial charge is 0.507 e. The summed E-state index contributed by atoms with van der Waals surface area (Å²) in [6.07, 6.45) is 0.689. The summed E-state index contributed by atoms with van der Waals surface area (Å²) < 4.78 is 6.42. The number of ether oxygens (including phenoxy) is 1. The van der Waals surface area contributed by atoms with Gasteiger partial charge in [-0.15, -0.1) is 10.2 Å². The molecule has 2 atom stereocenters. The average molecular weight is 625 g/mol. The van der Waals surface area contributed by atoms with E-state index in [4.69, 9.17) is 27.9 Å². The van der Waals surface area contributed by atoms with Crippen LogP contribution < -0.4 is 9.64 Å². The van der Waals surface area contributed by atoms with Crippen molar-refractivity contribution in [3.05, 3.63) is 104 Å². The van der Waals surface area contributed by atoms with Gasteiger partial charge in [-0.25, -0.2) is 0 Å². The zero-order valence-corrected chi connectivity index (χ0v) is 25.1. The monoisotopic (exact) mass is 623 g/mol. The number of benzene rings is 3. The van der Waals surface area contributed by atoms with Gasteiger partial charge in [0.1, 0.15) is 17.6 Å². The van der Waals surface area contributed by atoms with Crippen LogP contribution in [0, 0.1) is 6.92 Å². The van der Waals surface area contributed by atoms with Gasteiger partial charge in [-0.3, -0.25) is 14.5 Å². The Morgan fingerprint density at radius 1 is 1.07 bits per heavy atom. The normalized spacial score (nSPS) is 19.5. The van der Waals surface area contributed by atoms with Crippen LogP contribution in [0.1, 0.15) is 40.8 Å². The Morgan fingerprint density at radius 3 is 2.61 bits per heavy atom. The summed E-state index contributed by atoms with van der Waals surface area (Å²) in [6, 6.07) is 17.3. The number of ketones is 1. The standard InChI is InChI=1S/C30H23Cl2N3O4S2/c1-15-3-5-17(6-4-15)14-40-30-34-33-29(41-30)35-25(18-7-9-21(31)22(32)13-18)24(27(37)28(35)38)26(36)19-8-10-23-20(12-19)11-16(2)39-23/h3-10,12-13,16,25,36H,11,14H2,1-2H3/b26-24+. The molecule has 6 rings (SSSR count). The first-order chi connectivity index (χ1) is 19.7. The second kappa shape index (κ2) is 11.1. The molecule has 0 radical (unpaired) electrons. The first-order valence-corrected chi connectivity index (χ1v) is 15.3. The van der Waals surface area contributed by atoms with Gasteiger partial charge >= 0.3 is 5.91 Å². The van der Waals surface area contributed by atoms with Crippen LogP contribution >= 0.6 is 46.3 Å². The molecule has 0 spiro atoms. The highest BCUT2D eigenvalue weighted by atomic mass is 35.5. The van der Waals surface area contributed by atoms with Crippen LogP contribution in [-0.4, -0.2) is 33.1 Å². The quantitative estimate of drug-likeness (QED) is 0.0786. The second-order valence-corrected chi connectivity index (χ2v) is 12.9. The molecule has 4 aromatic rings. The lowest BCUT2D eigenvalue weighted by Crippen LogP contribution is -2.29. The third-order valence-electron chi connectivity index (χ3n) is 6.96. The van der Waals surface area contributed by atoms with Crippen molar-refractivity contribution in [2.75, 3.05) is 4.90 Å². The molecule has 41 heavy (non-hydrogen) atoms. The Kier molecular flexibility index (Phi) is 7.54. The van der Waals surface area contributed by atoms with Crippen LogP contribution in [-0.2, 0) is 21.8 Å². The minimum Gasteiger partial charge on any atom is -0.507 e. The van der Waals surface area contributed by atoms with Crippen molar-refractivity contribution in [1.29, 1.82) is 0 Å². The van der Waals surface area contributed by atoms with Crippen molar-refractivity contribution >= 4 is 68.9 Å². The predicted octanol–water partition coefficient (Wildman–Crippen LogP) is 7.40. The molecule has 2 aliphatic heterocycles. The number of aryl methyl sites for hydroxylation is 1. The zero-order chi connectivity index (χ0) is 28.8. The molecule has 1 N–H and O–H groups in total. The first-order valence-electron chi connectivity index (χ1n) is 12.8. The van der Waals surface area contributed by atoms with E-state index in [9.17, 15) is 14.7 Å². The Hall–Kier alpha value is -3.37. The van der Waals surface area contributed by atoms with Gasteiger partial charge in [-0.1, -0.05) is 82.2 Å². The molecule has 3 aromatic carbocycles. The molecule has 11 heteroatoms. The zero-order valence-electron chi connectivity index (χ0n) is 21.9. The molecule has 0 saturated carbocycles. The molecular weight excluding hydrogens is 601 g/mol. The van der Waals surface area contributed by atoms with Crippen molar-refractivity contribution < 1.29 is 19.4 Å². The molecule has 2 aliphatic rings. The van der Waals surface area contributed by atoms with E-state index in [2.05, 4.69) is 22.3 Å². The highest BCUT2D eigenvalue weighted by Crippen LogP contribution is 2.45. The number of halogens is 2. The van der Waals surface area contributed by atoms with Crippen molar-refractivity contribution in [3.63, 3.8) is 0 Å². The number of Topliss-reactive ketones (excluding diaryl/α,β-unsaturated/α-hetero) is 1. The number of hydrogen-bond acceptors (Lipinski definition) is 8. The van der Waals surface area contributed by atoms with Crippen LogP contribution in [0.2, 0.25) is 10.0 Å². The molecular formula is C30H23Cl2N3O4S2. The van der Waals surface area contributed by atoms with Gasteiger partial charge < -0.3 is 9.84 Å². The Labute approximate surface area is 254 Å². The number of hydrogen-bond donors (Lipinski definition) is 1. The SMILES string of the molecule is Cc1ccc(CSc2nnc(N3C(=O)C(=O)/C(=C(/O)c4ccc5c(c4)CC(C)O5)C3c3ccc(Cl)c(Cl)c3)s2)cc1. The van der Waals surface area contributed by atoms with Crippen molar-refractivity contribution in [3.8, 4) is 5.75 Å². The van der Waals surface area contributed by atoms with Gasteiger partial charge in [0, 0.05) is 17.7 Å². The average Bonchev–Trinajstić information content (AvgIpc) is 3.64. The lowest BCUT2D eigenvalue weighted by Gasteiger charge is -2.23. The summed E-state index contributed by atoms with van der Waals surface area (Å²) in [5.41, 5.74) is 4.07. The number of aliphatic hydroxyl groups is 1. The summed E-state index contributed by atoms with van der Waals surface area (Å²) in [5.74, 6) is -0.521. The van der Waals surface area contributed by atoms with E-state index in [1.54, 1.807) is 36.4 Å². The molecule has 1 aromatic heterocycles. The summed E-state index contributed by atoms with van der Waals surface area (Å²) in [5, 5.41) is 20.9. The number of fused-ring (bicyclic) bond motifs is 1. The van der Waals surface area contributed by atoms with Gasteiger partial charge in [-0.05, 0) is 60.9 Å². The number of nitrogens with zero attached hydrogens (tertiary/aromatic N) is 3. The number of carbonyl (C=O) groups excluding carboxylic acids is 2. The third kappa shape index (κ3) is 5.35. The summed E-state index contributed by atoms with van der Waals surface area (Å²) in [4.78, 5) is 28.3. The highest BCUT2D eigenvalue weighted by molar-refractivity contribution is 8.00. The fourth-order valence-electron chi connectivity index (χ4n) is 4.94. The number of thioether (sulfide) groups is 1. The van der Waals surface area contributed by atoms with E-state index in [-0.39, 0.29) is 27.6 Å². The third-order valence-corrected chi connectivity index (χ3v) is 9.82. The number of carbonyl (C=O) groups is 2. The molecule has 1 fully saturated rings. The van der Waals surface area contributed by atoms with Crippen molar-refractivity contribution in [1.82, 2.24) is 10.2 Å². The van der Waals surface area contributed by atoms with Crippen LogP contribution in [0.4, 0.5) is 5.13 Å². The number of anilines is 1.